The van der Waals surface area contributed by atoms with E-state index in [-0.39, 0.29) is 23.9 Å². The molecule has 1 aliphatic heterocycles. The van der Waals surface area contributed by atoms with E-state index in [2.05, 4.69) is 60.6 Å². The maximum atomic E-state index is 15.7. The summed E-state index contributed by atoms with van der Waals surface area (Å²) in [6, 6.07) is 8.53. The van der Waals surface area contributed by atoms with Gasteiger partial charge in [0.1, 0.15) is 0 Å². The second-order valence-corrected chi connectivity index (χ2v) is 15.6. The zero-order chi connectivity index (χ0) is 32.0. The fourth-order valence-electron chi connectivity index (χ4n) is 8.01. The van der Waals surface area contributed by atoms with E-state index in [1.807, 2.05) is 26.0 Å². The van der Waals surface area contributed by atoms with Crippen molar-refractivity contribution in [1.82, 2.24) is 0 Å². The molecule has 0 radical (unpaired) electrons. The molecule has 3 aliphatic rings. The normalized spacial score (nSPS) is 27.1. The summed E-state index contributed by atoms with van der Waals surface area (Å²) < 4.78 is 49.6. The van der Waals surface area contributed by atoms with Crippen molar-refractivity contribution in [1.29, 1.82) is 0 Å². The number of ether oxygens (including phenoxy) is 1. The fourth-order valence-corrected chi connectivity index (χ4v) is 8.01. The summed E-state index contributed by atoms with van der Waals surface area (Å²) in [7, 11) is -0.135. The van der Waals surface area contributed by atoms with Gasteiger partial charge in [0, 0.05) is 0 Å². The van der Waals surface area contributed by atoms with Crippen LogP contribution >= 0.6 is 0 Å². The topological polar surface area (TPSA) is 27.7 Å². The average molecular weight is 609 g/mol. The van der Waals surface area contributed by atoms with Gasteiger partial charge >= 0.3 is 13.2 Å². The molecule has 0 aromatic heterocycles. The Morgan fingerprint density at radius 3 is 1.55 bits per heavy atom. The van der Waals surface area contributed by atoms with E-state index in [0.717, 1.165) is 56.9 Å². The molecule has 2 aliphatic carbocycles. The van der Waals surface area contributed by atoms with Crippen LogP contribution in [0.15, 0.2) is 24.3 Å². The fraction of sp³-hybridized carbons (Fsp3) is 0.684. The van der Waals surface area contributed by atoms with Gasteiger partial charge in [-0.3, -0.25) is 0 Å². The number of hydrogen-bond donors (Lipinski definition) is 0. The summed E-state index contributed by atoms with van der Waals surface area (Å²) in [6.07, 6.45) is 5.88. The van der Waals surface area contributed by atoms with Crippen LogP contribution in [0.1, 0.15) is 124 Å². The average Bonchev–Trinajstić information content (AvgIpc) is 3.14. The summed E-state index contributed by atoms with van der Waals surface area (Å²) in [5.74, 6) is 1.50. The van der Waals surface area contributed by atoms with E-state index in [1.165, 1.54) is 22.3 Å². The predicted octanol–water partition coefficient (Wildman–Crippen LogP) is 10.3. The third-order valence-corrected chi connectivity index (χ3v) is 11.6. The van der Waals surface area contributed by atoms with Crippen molar-refractivity contribution in [3.05, 3.63) is 68.8 Å². The van der Waals surface area contributed by atoms with Crippen molar-refractivity contribution in [3.63, 3.8) is 0 Å². The molecule has 1 heterocycles. The highest BCUT2D eigenvalue weighted by Gasteiger charge is 2.53. The molecule has 6 heteroatoms. The van der Waals surface area contributed by atoms with Crippen molar-refractivity contribution in [3.8, 4) is 0 Å². The van der Waals surface area contributed by atoms with Gasteiger partial charge < -0.3 is 14.0 Å². The molecular formula is C38H55BF2O3. The molecule has 3 nitrogen and oxygen atoms in total. The van der Waals surface area contributed by atoms with Crippen LogP contribution in [0.2, 0.25) is 5.82 Å². The van der Waals surface area contributed by atoms with Gasteiger partial charge in [-0.05, 0) is 157 Å². The van der Waals surface area contributed by atoms with Crippen molar-refractivity contribution in [2.45, 2.75) is 156 Å². The van der Waals surface area contributed by atoms with Crippen LogP contribution in [0.25, 0.3) is 0 Å². The first-order valence-electron chi connectivity index (χ1n) is 17.1. The van der Waals surface area contributed by atoms with Gasteiger partial charge in [-0.25, -0.2) is 0 Å². The SMILES string of the molecule is Cc1cc(CC2CCC(OC(F)(F)c3c(C)cc(CC4CCC(B5OC(C)(C)C(C)(C)O5)CC4)cc3C)CC2)cc(C)c1C. The van der Waals surface area contributed by atoms with Crippen molar-refractivity contribution < 1.29 is 22.8 Å². The lowest BCUT2D eigenvalue weighted by atomic mass is 9.62. The summed E-state index contributed by atoms with van der Waals surface area (Å²) in [5.41, 5.74) is 7.27. The predicted molar refractivity (Wildman–Crippen MR) is 176 cm³/mol. The van der Waals surface area contributed by atoms with Gasteiger partial charge in [0.15, 0.2) is 0 Å². The van der Waals surface area contributed by atoms with Gasteiger partial charge in [0.25, 0.3) is 0 Å². The van der Waals surface area contributed by atoms with Crippen LogP contribution in [0.4, 0.5) is 8.78 Å². The monoisotopic (exact) mass is 608 g/mol. The summed E-state index contributed by atoms with van der Waals surface area (Å²) in [6.45, 7) is 18.6. The smallest absolute Gasteiger partial charge is 0.403 e. The van der Waals surface area contributed by atoms with Crippen LogP contribution in [-0.4, -0.2) is 24.4 Å². The molecule has 2 aromatic carbocycles. The number of hydrogen-bond acceptors (Lipinski definition) is 3. The molecule has 0 spiro atoms. The zero-order valence-electron chi connectivity index (χ0n) is 28.7. The minimum atomic E-state index is -3.28. The first-order chi connectivity index (χ1) is 20.5. The van der Waals surface area contributed by atoms with E-state index in [4.69, 9.17) is 14.0 Å². The Hall–Kier alpha value is -1.76. The number of rotatable bonds is 8. The minimum Gasteiger partial charge on any atom is -0.403 e. The molecule has 2 saturated carbocycles. The Labute approximate surface area is 266 Å². The van der Waals surface area contributed by atoms with E-state index >= 15 is 8.78 Å². The second-order valence-electron chi connectivity index (χ2n) is 15.6. The molecule has 0 amide bonds. The Morgan fingerprint density at radius 2 is 1.09 bits per heavy atom. The molecule has 5 rings (SSSR count). The number of benzene rings is 2. The molecule has 242 valence electrons. The molecule has 44 heavy (non-hydrogen) atoms. The van der Waals surface area contributed by atoms with E-state index in [1.54, 1.807) is 0 Å². The number of aryl methyl sites for hydroxylation is 4. The first kappa shape index (κ1) is 33.6. The Balaban J connectivity index is 1.13. The Bertz CT molecular complexity index is 1260. The highest BCUT2D eigenvalue weighted by atomic mass is 19.3. The third kappa shape index (κ3) is 7.28. The Morgan fingerprint density at radius 1 is 0.682 bits per heavy atom. The van der Waals surface area contributed by atoms with Gasteiger partial charge in [0.05, 0.1) is 22.9 Å². The van der Waals surface area contributed by atoms with Gasteiger partial charge in [-0.2, -0.15) is 8.78 Å². The summed E-state index contributed by atoms with van der Waals surface area (Å²) >= 11 is 0. The second kappa shape index (κ2) is 12.8. The van der Waals surface area contributed by atoms with Crippen molar-refractivity contribution in [2.24, 2.45) is 11.8 Å². The first-order valence-corrected chi connectivity index (χ1v) is 17.1. The maximum Gasteiger partial charge on any atom is 0.461 e. The van der Waals surface area contributed by atoms with Crippen LogP contribution in [-0.2, 0) is 33.0 Å². The lowest BCUT2D eigenvalue weighted by Gasteiger charge is -2.33. The lowest BCUT2D eigenvalue weighted by molar-refractivity contribution is -0.278. The minimum absolute atomic E-state index is 0.0541. The highest BCUT2D eigenvalue weighted by Crippen LogP contribution is 2.46. The van der Waals surface area contributed by atoms with Crippen LogP contribution in [0.5, 0.6) is 0 Å². The molecule has 0 N–H and O–H groups in total. The van der Waals surface area contributed by atoms with Gasteiger partial charge in [-0.1, -0.05) is 49.9 Å². The zero-order valence-corrected chi connectivity index (χ0v) is 28.7. The molecule has 2 aromatic rings. The Kier molecular flexibility index (Phi) is 9.77. The van der Waals surface area contributed by atoms with E-state index < -0.39 is 12.2 Å². The molecular weight excluding hydrogens is 553 g/mol. The summed E-state index contributed by atoms with van der Waals surface area (Å²) in [5, 5.41) is 0. The maximum absolute atomic E-state index is 15.7. The highest BCUT2D eigenvalue weighted by molar-refractivity contribution is 6.47. The lowest BCUT2D eigenvalue weighted by Crippen LogP contribution is -2.41. The molecule has 3 fully saturated rings. The standard InChI is InChI=1S/C38H55BF2O3/c1-24-18-31(19-25(2)28(24)5)23-30-12-16-34(17-13-30)42-38(40,41)35-26(3)20-32(21-27(35)4)22-29-10-14-33(15-11-29)39-43-36(6,7)37(8,9)44-39/h18-21,29-30,33-34H,10-17,22-23H2,1-9H3. The van der Waals surface area contributed by atoms with Crippen molar-refractivity contribution >= 4 is 7.12 Å². The van der Waals surface area contributed by atoms with E-state index in [9.17, 15) is 0 Å². The molecule has 0 atom stereocenters. The van der Waals surface area contributed by atoms with Crippen LogP contribution < -0.4 is 0 Å². The van der Waals surface area contributed by atoms with Gasteiger partial charge in [0.2, 0.25) is 0 Å². The quantitative estimate of drug-likeness (QED) is 0.279. The number of halogens is 2. The number of alkyl halides is 2. The molecule has 0 bridgehead atoms. The third-order valence-electron chi connectivity index (χ3n) is 11.6. The van der Waals surface area contributed by atoms with E-state index in [0.29, 0.717) is 41.6 Å². The molecule has 0 unspecified atom stereocenters. The largest absolute Gasteiger partial charge is 0.461 e. The van der Waals surface area contributed by atoms with Crippen molar-refractivity contribution in [2.75, 3.05) is 0 Å². The van der Waals surface area contributed by atoms with Crippen LogP contribution in [0.3, 0.4) is 0 Å². The summed E-state index contributed by atoms with van der Waals surface area (Å²) in [4.78, 5) is 0. The molecule has 1 saturated heterocycles. The van der Waals surface area contributed by atoms with Crippen LogP contribution in [0, 0.1) is 46.5 Å². The van der Waals surface area contributed by atoms with Gasteiger partial charge in [-0.15, -0.1) is 0 Å².